The maximum atomic E-state index is 5.45. The number of fused-ring (bicyclic) bond motifs is 1. The van der Waals surface area contributed by atoms with Crippen molar-refractivity contribution in [1.29, 1.82) is 0 Å². The fourth-order valence-corrected chi connectivity index (χ4v) is 1.86. The molecule has 50 valence electrons. The van der Waals surface area contributed by atoms with E-state index in [0.717, 1.165) is 12.6 Å². The van der Waals surface area contributed by atoms with Crippen LogP contribution in [0.15, 0.2) is 0 Å². The Morgan fingerprint density at radius 2 is 2.56 bits per heavy atom. The van der Waals surface area contributed by atoms with Gasteiger partial charge in [0, 0.05) is 12.6 Å². The van der Waals surface area contributed by atoms with Crippen LogP contribution in [0.1, 0.15) is 12.8 Å². The molecule has 2 aliphatic rings. The second-order valence-corrected chi connectivity index (χ2v) is 2.97. The Hall–Kier alpha value is -0.0151. The first-order valence-electron chi connectivity index (χ1n) is 3.75. The van der Waals surface area contributed by atoms with Gasteiger partial charge in [0.1, 0.15) is 0 Å². The van der Waals surface area contributed by atoms with E-state index in [0.29, 0.717) is 7.05 Å². The van der Waals surface area contributed by atoms with Crippen LogP contribution in [0.5, 0.6) is 0 Å². The van der Waals surface area contributed by atoms with E-state index in [1.54, 1.807) is 0 Å². The van der Waals surface area contributed by atoms with Gasteiger partial charge in [0.25, 0.3) is 0 Å². The average molecular weight is 125 g/mol. The van der Waals surface area contributed by atoms with E-state index < -0.39 is 0 Å². The molecule has 0 unspecified atom stereocenters. The van der Waals surface area contributed by atoms with Gasteiger partial charge in [-0.1, -0.05) is 0 Å². The third kappa shape index (κ3) is 0.794. The molecule has 0 N–H and O–H groups in total. The second kappa shape index (κ2) is 1.99. The zero-order valence-corrected chi connectivity index (χ0v) is 5.84. The van der Waals surface area contributed by atoms with Crippen LogP contribution in [0.2, 0.25) is 6.82 Å². The summed E-state index contributed by atoms with van der Waals surface area (Å²) in [6.45, 7) is 4.37. The van der Waals surface area contributed by atoms with Gasteiger partial charge in [0.2, 0.25) is 0 Å². The van der Waals surface area contributed by atoms with E-state index >= 15 is 0 Å². The predicted molar refractivity (Wildman–Crippen MR) is 37.3 cm³/mol. The van der Waals surface area contributed by atoms with E-state index in [9.17, 15) is 0 Å². The summed E-state index contributed by atoms with van der Waals surface area (Å²) >= 11 is 0. The summed E-state index contributed by atoms with van der Waals surface area (Å²) in [6, 6.07) is 0.764. The highest BCUT2D eigenvalue weighted by atomic mass is 16.5. The van der Waals surface area contributed by atoms with Crippen molar-refractivity contribution in [1.82, 2.24) is 4.81 Å². The van der Waals surface area contributed by atoms with Crippen molar-refractivity contribution in [3.05, 3.63) is 0 Å². The quantitative estimate of drug-likeness (QED) is 0.439. The largest absolute Gasteiger partial charge is 0.420 e. The SMILES string of the molecule is CB1OC[C@@H]2CCCN12. The van der Waals surface area contributed by atoms with Crippen LogP contribution < -0.4 is 0 Å². The van der Waals surface area contributed by atoms with Crippen molar-refractivity contribution in [2.75, 3.05) is 13.2 Å². The summed E-state index contributed by atoms with van der Waals surface area (Å²) in [7, 11) is 0.400. The Morgan fingerprint density at radius 1 is 1.67 bits per heavy atom. The van der Waals surface area contributed by atoms with Crippen LogP contribution in [0.25, 0.3) is 0 Å². The van der Waals surface area contributed by atoms with Crippen molar-refractivity contribution < 1.29 is 4.65 Å². The molecule has 9 heavy (non-hydrogen) atoms. The molecule has 3 heteroatoms. The molecule has 0 amide bonds. The van der Waals surface area contributed by atoms with E-state index in [2.05, 4.69) is 11.6 Å². The third-order valence-corrected chi connectivity index (χ3v) is 2.42. The van der Waals surface area contributed by atoms with Crippen LogP contribution >= 0.6 is 0 Å². The van der Waals surface area contributed by atoms with Crippen molar-refractivity contribution in [3.63, 3.8) is 0 Å². The monoisotopic (exact) mass is 125 g/mol. The first kappa shape index (κ1) is 5.75. The topological polar surface area (TPSA) is 12.5 Å². The highest BCUT2D eigenvalue weighted by molar-refractivity contribution is 6.47. The van der Waals surface area contributed by atoms with Gasteiger partial charge in [-0.25, -0.2) is 0 Å². The zero-order valence-electron chi connectivity index (χ0n) is 5.84. The van der Waals surface area contributed by atoms with Gasteiger partial charge in [-0.3, -0.25) is 0 Å². The molecular weight excluding hydrogens is 113 g/mol. The van der Waals surface area contributed by atoms with Crippen LogP contribution in [-0.4, -0.2) is 31.1 Å². The Kier molecular flexibility index (Phi) is 1.27. The van der Waals surface area contributed by atoms with Crippen molar-refractivity contribution in [2.24, 2.45) is 0 Å². The van der Waals surface area contributed by atoms with Gasteiger partial charge in [0.15, 0.2) is 0 Å². The molecule has 0 aromatic rings. The van der Waals surface area contributed by atoms with Crippen LogP contribution in [-0.2, 0) is 4.65 Å². The molecule has 0 aromatic carbocycles. The van der Waals surface area contributed by atoms with Gasteiger partial charge in [0.05, 0.1) is 0 Å². The lowest BCUT2D eigenvalue weighted by Gasteiger charge is -2.13. The summed E-state index contributed by atoms with van der Waals surface area (Å²) in [5.41, 5.74) is 0. The van der Waals surface area contributed by atoms with Gasteiger partial charge >= 0.3 is 7.05 Å². The van der Waals surface area contributed by atoms with Gasteiger partial charge in [-0.15, -0.1) is 0 Å². The maximum Gasteiger partial charge on any atom is 0.379 e. The Bertz CT molecular complexity index is 120. The fourth-order valence-electron chi connectivity index (χ4n) is 1.86. The first-order chi connectivity index (χ1) is 4.38. The lowest BCUT2D eigenvalue weighted by atomic mass is 9.86. The normalized spacial score (nSPS) is 35.7. The minimum atomic E-state index is 0.400. The second-order valence-electron chi connectivity index (χ2n) is 2.97. The molecule has 0 spiro atoms. The average Bonchev–Trinajstić information content (AvgIpc) is 2.35. The minimum absolute atomic E-state index is 0.400. The summed E-state index contributed by atoms with van der Waals surface area (Å²) in [5, 5.41) is 0. The van der Waals surface area contributed by atoms with Crippen molar-refractivity contribution in [3.8, 4) is 0 Å². The summed E-state index contributed by atoms with van der Waals surface area (Å²) in [6.07, 6.45) is 2.72. The van der Waals surface area contributed by atoms with Crippen LogP contribution in [0.3, 0.4) is 0 Å². The highest BCUT2D eigenvalue weighted by Gasteiger charge is 2.37. The number of nitrogens with zero attached hydrogens (tertiary/aromatic N) is 1. The van der Waals surface area contributed by atoms with Gasteiger partial charge in [-0.2, -0.15) is 0 Å². The van der Waals surface area contributed by atoms with E-state index in [1.807, 2.05) is 0 Å². The molecule has 0 aromatic heterocycles. The van der Waals surface area contributed by atoms with Crippen LogP contribution in [0, 0.1) is 0 Å². The molecule has 2 aliphatic heterocycles. The predicted octanol–water partition coefficient (Wildman–Crippen LogP) is 0.599. The van der Waals surface area contributed by atoms with E-state index in [-0.39, 0.29) is 0 Å². The first-order valence-corrected chi connectivity index (χ1v) is 3.75. The summed E-state index contributed by atoms with van der Waals surface area (Å²) < 4.78 is 5.45. The smallest absolute Gasteiger partial charge is 0.379 e. The number of rotatable bonds is 0. The Labute approximate surface area is 56.3 Å². The van der Waals surface area contributed by atoms with Gasteiger partial charge < -0.3 is 9.47 Å². The molecule has 2 heterocycles. The minimum Gasteiger partial charge on any atom is -0.420 e. The third-order valence-electron chi connectivity index (χ3n) is 2.42. The fraction of sp³-hybridized carbons (Fsp3) is 1.00. The molecule has 0 aliphatic carbocycles. The molecule has 2 nitrogen and oxygen atoms in total. The maximum absolute atomic E-state index is 5.45. The molecule has 0 bridgehead atoms. The Balaban J connectivity index is 2.07. The molecule has 2 saturated heterocycles. The number of hydrogen-bond acceptors (Lipinski definition) is 2. The Morgan fingerprint density at radius 3 is 3.33 bits per heavy atom. The lowest BCUT2D eigenvalue weighted by Crippen LogP contribution is -2.33. The standard InChI is InChI=1S/C6H12BNO/c1-7-8-4-2-3-6(8)5-9-7/h6H,2-5H2,1H3/t6-/m0/s1. The van der Waals surface area contributed by atoms with Crippen molar-refractivity contribution >= 4 is 7.05 Å². The molecule has 0 saturated carbocycles. The summed E-state index contributed by atoms with van der Waals surface area (Å²) in [5.74, 6) is 0. The molecule has 0 radical (unpaired) electrons. The zero-order chi connectivity index (χ0) is 6.27. The number of hydrogen-bond donors (Lipinski definition) is 0. The summed E-state index contributed by atoms with van der Waals surface area (Å²) in [4.78, 5) is 2.46. The highest BCUT2D eigenvalue weighted by Crippen LogP contribution is 2.24. The van der Waals surface area contributed by atoms with Crippen molar-refractivity contribution in [2.45, 2.75) is 25.7 Å². The molecule has 1 atom stereocenters. The van der Waals surface area contributed by atoms with E-state index in [4.69, 9.17) is 4.65 Å². The van der Waals surface area contributed by atoms with E-state index in [1.165, 1.54) is 19.4 Å². The van der Waals surface area contributed by atoms with Gasteiger partial charge in [-0.05, 0) is 26.2 Å². The molecule has 2 fully saturated rings. The lowest BCUT2D eigenvalue weighted by molar-refractivity contribution is 0.332. The molecule has 2 rings (SSSR count). The molecular formula is C6H12BNO. The van der Waals surface area contributed by atoms with Crippen LogP contribution in [0.4, 0.5) is 0 Å².